The van der Waals surface area contributed by atoms with Crippen molar-refractivity contribution in [2.24, 2.45) is 11.8 Å². The number of carbonyl (C=O) groups is 1. The molecule has 5 atom stereocenters. The summed E-state index contributed by atoms with van der Waals surface area (Å²) in [6, 6.07) is 12.0. The van der Waals surface area contributed by atoms with E-state index in [9.17, 15) is 4.79 Å². The van der Waals surface area contributed by atoms with Crippen LogP contribution >= 0.6 is 0 Å². The lowest BCUT2D eigenvalue weighted by molar-refractivity contribution is -0.126. The summed E-state index contributed by atoms with van der Waals surface area (Å²) in [7, 11) is 1.92. The van der Waals surface area contributed by atoms with Crippen LogP contribution in [0.5, 0.6) is 0 Å². The minimum atomic E-state index is 0.288. The van der Waals surface area contributed by atoms with Crippen molar-refractivity contribution < 1.29 is 4.79 Å². The molecule has 4 rings (SSSR count). The van der Waals surface area contributed by atoms with E-state index < -0.39 is 0 Å². The molecular formula is C17H24N4O. The Morgan fingerprint density at radius 2 is 1.95 bits per heavy atom. The summed E-state index contributed by atoms with van der Waals surface area (Å²) in [5.41, 5.74) is 8.27. The largest absolute Gasteiger partial charge is 0.345 e. The van der Waals surface area contributed by atoms with Crippen LogP contribution in [0.25, 0.3) is 0 Å². The topological polar surface area (TPSA) is 56.4 Å². The third-order valence-electron chi connectivity index (χ3n) is 5.59. The molecule has 1 aromatic carbocycles. The number of nitrogens with zero attached hydrogens (tertiary/aromatic N) is 1. The molecule has 0 saturated carbocycles. The fourth-order valence-electron chi connectivity index (χ4n) is 4.32. The van der Waals surface area contributed by atoms with Crippen molar-refractivity contribution in [1.29, 1.82) is 0 Å². The van der Waals surface area contributed by atoms with Crippen molar-refractivity contribution in [3.05, 3.63) is 35.9 Å². The van der Waals surface area contributed by atoms with Crippen LogP contribution < -0.4 is 16.2 Å². The van der Waals surface area contributed by atoms with Crippen molar-refractivity contribution in [2.45, 2.75) is 31.0 Å². The van der Waals surface area contributed by atoms with Gasteiger partial charge in [0.15, 0.2) is 0 Å². The van der Waals surface area contributed by atoms with E-state index in [1.807, 2.05) is 11.9 Å². The van der Waals surface area contributed by atoms with Crippen LogP contribution in [0, 0.1) is 11.8 Å². The van der Waals surface area contributed by atoms with Crippen molar-refractivity contribution in [3.8, 4) is 0 Å². The second kappa shape index (κ2) is 5.65. The average Bonchev–Trinajstić information content (AvgIpc) is 3.11. The monoisotopic (exact) mass is 300 g/mol. The molecule has 0 radical (unpaired) electrons. The second-order valence-electron chi connectivity index (χ2n) is 6.94. The molecule has 3 saturated heterocycles. The standard InChI is InChI=1S/C17H24N4O/c1-21-10-12(7-16(21)22)14-8-13-15(9-18-14)19-20-17(13)11-5-3-2-4-6-11/h2-6,12-15,17-20H,7-10H2,1H3. The van der Waals surface area contributed by atoms with E-state index >= 15 is 0 Å². The van der Waals surface area contributed by atoms with E-state index in [1.165, 1.54) is 5.56 Å². The van der Waals surface area contributed by atoms with Crippen LogP contribution in [0.3, 0.4) is 0 Å². The summed E-state index contributed by atoms with van der Waals surface area (Å²) in [6.45, 7) is 1.87. The average molecular weight is 300 g/mol. The van der Waals surface area contributed by atoms with Crippen molar-refractivity contribution in [2.75, 3.05) is 20.1 Å². The molecule has 5 nitrogen and oxygen atoms in total. The van der Waals surface area contributed by atoms with Gasteiger partial charge in [-0.3, -0.25) is 10.2 Å². The first-order valence-electron chi connectivity index (χ1n) is 8.25. The quantitative estimate of drug-likeness (QED) is 0.751. The zero-order valence-electron chi connectivity index (χ0n) is 13.0. The van der Waals surface area contributed by atoms with E-state index in [2.05, 4.69) is 46.5 Å². The van der Waals surface area contributed by atoms with Gasteiger partial charge in [-0.25, -0.2) is 5.43 Å². The van der Waals surface area contributed by atoms with Crippen LogP contribution in [0.1, 0.15) is 24.4 Å². The normalized spacial score (nSPS) is 38.3. The highest BCUT2D eigenvalue weighted by Gasteiger charge is 2.44. The molecule has 0 aliphatic carbocycles. The first-order chi connectivity index (χ1) is 10.7. The van der Waals surface area contributed by atoms with E-state index in [0.29, 0.717) is 36.4 Å². The molecule has 0 bridgehead atoms. The summed E-state index contributed by atoms with van der Waals surface area (Å²) in [4.78, 5) is 13.7. The lowest BCUT2D eigenvalue weighted by Crippen LogP contribution is -2.52. The Morgan fingerprint density at radius 3 is 2.68 bits per heavy atom. The fraction of sp³-hybridized carbons (Fsp3) is 0.588. The highest BCUT2D eigenvalue weighted by Crippen LogP contribution is 2.37. The summed E-state index contributed by atoms with van der Waals surface area (Å²) < 4.78 is 0. The minimum absolute atomic E-state index is 0.288. The van der Waals surface area contributed by atoms with Crippen LogP contribution in [-0.4, -0.2) is 43.0 Å². The number of hydrogen-bond donors (Lipinski definition) is 3. The van der Waals surface area contributed by atoms with Gasteiger partial charge < -0.3 is 10.2 Å². The summed E-state index contributed by atoms with van der Waals surface area (Å²) in [5.74, 6) is 1.32. The maximum atomic E-state index is 11.8. The fourth-order valence-corrected chi connectivity index (χ4v) is 4.32. The van der Waals surface area contributed by atoms with Gasteiger partial charge in [0.2, 0.25) is 5.91 Å². The summed E-state index contributed by atoms with van der Waals surface area (Å²) in [6.07, 6.45) is 1.82. The third kappa shape index (κ3) is 2.43. The number of fused-ring (bicyclic) bond motifs is 1. The molecule has 22 heavy (non-hydrogen) atoms. The molecule has 118 valence electrons. The number of nitrogens with one attached hydrogen (secondary N) is 3. The molecule has 3 N–H and O–H groups in total. The maximum Gasteiger partial charge on any atom is 0.222 e. The number of rotatable bonds is 2. The Morgan fingerprint density at radius 1 is 1.14 bits per heavy atom. The van der Waals surface area contributed by atoms with Crippen LogP contribution in [0.15, 0.2) is 30.3 Å². The highest BCUT2D eigenvalue weighted by molar-refractivity contribution is 5.78. The Bertz CT molecular complexity index is 549. The van der Waals surface area contributed by atoms with Gasteiger partial charge in [0.25, 0.3) is 0 Å². The first kappa shape index (κ1) is 14.2. The zero-order chi connectivity index (χ0) is 15.1. The number of hydrazine groups is 1. The lowest BCUT2D eigenvalue weighted by Gasteiger charge is -2.37. The Labute approximate surface area is 131 Å². The van der Waals surface area contributed by atoms with Crippen LogP contribution in [0.4, 0.5) is 0 Å². The van der Waals surface area contributed by atoms with Gasteiger partial charge in [0.1, 0.15) is 0 Å². The Kier molecular flexibility index (Phi) is 3.64. The van der Waals surface area contributed by atoms with Gasteiger partial charge in [-0.05, 0) is 17.9 Å². The number of likely N-dealkylation sites (tertiary alicyclic amines) is 1. The SMILES string of the molecule is CN1CC(C2CC3C(CN2)NNC3c2ccccc2)CC1=O. The smallest absolute Gasteiger partial charge is 0.222 e. The number of amides is 1. The van der Waals surface area contributed by atoms with Crippen molar-refractivity contribution >= 4 is 5.91 Å². The molecular weight excluding hydrogens is 276 g/mol. The van der Waals surface area contributed by atoms with Crippen LogP contribution in [0.2, 0.25) is 0 Å². The van der Waals surface area contributed by atoms with Gasteiger partial charge in [-0.15, -0.1) is 0 Å². The van der Waals surface area contributed by atoms with Gasteiger partial charge in [-0.2, -0.15) is 0 Å². The first-order valence-corrected chi connectivity index (χ1v) is 8.25. The molecule has 1 aromatic rings. The van der Waals surface area contributed by atoms with E-state index in [-0.39, 0.29) is 5.91 Å². The minimum Gasteiger partial charge on any atom is -0.345 e. The molecule has 3 aliphatic heterocycles. The van der Waals surface area contributed by atoms with Crippen molar-refractivity contribution in [1.82, 2.24) is 21.1 Å². The van der Waals surface area contributed by atoms with E-state index in [0.717, 1.165) is 19.5 Å². The number of benzene rings is 1. The number of hydrogen-bond acceptors (Lipinski definition) is 4. The third-order valence-corrected chi connectivity index (χ3v) is 5.59. The molecule has 1 amide bonds. The Balaban J connectivity index is 1.49. The van der Waals surface area contributed by atoms with Gasteiger partial charge in [0.05, 0.1) is 6.04 Å². The van der Waals surface area contributed by atoms with Gasteiger partial charge in [-0.1, -0.05) is 30.3 Å². The predicted octanol–water partition coefficient (Wildman–Crippen LogP) is 0.661. The van der Waals surface area contributed by atoms with Gasteiger partial charge >= 0.3 is 0 Å². The molecule has 5 unspecified atom stereocenters. The maximum absolute atomic E-state index is 11.8. The lowest BCUT2D eigenvalue weighted by atomic mass is 9.78. The predicted molar refractivity (Wildman–Crippen MR) is 84.9 cm³/mol. The van der Waals surface area contributed by atoms with Gasteiger partial charge in [0, 0.05) is 44.6 Å². The Hall–Kier alpha value is -1.43. The van der Waals surface area contributed by atoms with E-state index in [1.54, 1.807) is 0 Å². The number of piperidine rings is 1. The zero-order valence-corrected chi connectivity index (χ0v) is 13.0. The summed E-state index contributed by atoms with van der Waals surface area (Å²) in [5, 5.41) is 3.66. The van der Waals surface area contributed by atoms with Crippen LogP contribution in [-0.2, 0) is 4.79 Å². The summed E-state index contributed by atoms with van der Waals surface area (Å²) >= 11 is 0. The second-order valence-corrected chi connectivity index (χ2v) is 6.94. The molecule has 3 fully saturated rings. The van der Waals surface area contributed by atoms with E-state index in [4.69, 9.17) is 0 Å². The molecule has 3 heterocycles. The molecule has 0 spiro atoms. The molecule has 0 aromatic heterocycles. The number of carbonyl (C=O) groups excluding carboxylic acids is 1. The van der Waals surface area contributed by atoms with Crippen molar-refractivity contribution in [3.63, 3.8) is 0 Å². The molecule has 3 aliphatic rings. The highest BCUT2D eigenvalue weighted by atomic mass is 16.2. The molecule has 5 heteroatoms.